The standard InChI is InChI=1S/C10H14O3/c1-7-6-8(11)4-5-10(7,2)9(12)13-3/h6H,4-5H2,1-3H3. The zero-order chi connectivity index (χ0) is 10.1. The van der Waals surface area contributed by atoms with Crippen molar-refractivity contribution >= 4 is 11.8 Å². The van der Waals surface area contributed by atoms with Gasteiger partial charge in [0.05, 0.1) is 12.5 Å². The third-order valence-corrected chi connectivity index (χ3v) is 2.76. The molecule has 0 fully saturated rings. The fraction of sp³-hybridized carbons (Fsp3) is 0.600. The molecule has 0 heterocycles. The number of esters is 1. The summed E-state index contributed by atoms with van der Waals surface area (Å²) >= 11 is 0. The Labute approximate surface area is 77.8 Å². The maximum absolute atomic E-state index is 11.4. The summed E-state index contributed by atoms with van der Waals surface area (Å²) < 4.78 is 4.71. The van der Waals surface area contributed by atoms with Crippen LogP contribution in [0.2, 0.25) is 0 Å². The Bertz CT molecular complexity index is 278. The molecule has 0 amide bonds. The molecular weight excluding hydrogens is 168 g/mol. The smallest absolute Gasteiger partial charge is 0.315 e. The maximum atomic E-state index is 11.4. The van der Waals surface area contributed by atoms with Gasteiger partial charge in [-0.25, -0.2) is 0 Å². The van der Waals surface area contributed by atoms with Crippen molar-refractivity contribution in [3.63, 3.8) is 0 Å². The highest BCUT2D eigenvalue weighted by Crippen LogP contribution is 2.36. The predicted molar refractivity (Wildman–Crippen MR) is 48.1 cm³/mol. The molecule has 0 aromatic carbocycles. The van der Waals surface area contributed by atoms with E-state index in [9.17, 15) is 9.59 Å². The molecule has 0 aliphatic heterocycles. The molecule has 0 N–H and O–H groups in total. The molecule has 1 aliphatic rings. The zero-order valence-corrected chi connectivity index (χ0v) is 8.22. The van der Waals surface area contributed by atoms with E-state index in [4.69, 9.17) is 4.74 Å². The molecule has 1 rings (SSSR count). The molecule has 1 aliphatic carbocycles. The van der Waals surface area contributed by atoms with Crippen molar-refractivity contribution < 1.29 is 14.3 Å². The van der Waals surface area contributed by atoms with Crippen LogP contribution in [0.4, 0.5) is 0 Å². The normalized spacial score (nSPS) is 28.2. The SMILES string of the molecule is COC(=O)C1(C)CCC(=O)C=C1C. The Hall–Kier alpha value is -1.12. The summed E-state index contributed by atoms with van der Waals surface area (Å²) in [6, 6.07) is 0. The lowest BCUT2D eigenvalue weighted by molar-refractivity contribution is -0.150. The van der Waals surface area contributed by atoms with Gasteiger partial charge in [-0.3, -0.25) is 9.59 Å². The van der Waals surface area contributed by atoms with E-state index in [1.54, 1.807) is 13.0 Å². The van der Waals surface area contributed by atoms with Gasteiger partial charge in [-0.1, -0.05) is 5.57 Å². The third kappa shape index (κ3) is 1.64. The van der Waals surface area contributed by atoms with Crippen LogP contribution in [0.1, 0.15) is 26.7 Å². The fourth-order valence-corrected chi connectivity index (χ4v) is 1.53. The highest BCUT2D eigenvalue weighted by Gasteiger charge is 2.38. The minimum Gasteiger partial charge on any atom is -0.468 e. The van der Waals surface area contributed by atoms with Crippen LogP contribution in [-0.2, 0) is 14.3 Å². The summed E-state index contributed by atoms with van der Waals surface area (Å²) in [5.41, 5.74) is 0.207. The largest absolute Gasteiger partial charge is 0.468 e. The third-order valence-electron chi connectivity index (χ3n) is 2.76. The molecule has 0 saturated carbocycles. The Kier molecular flexibility index (Phi) is 2.55. The molecule has 0 aromatic rings. The maximum Gasteiger partial charge on any atom is 0.315 e. The number of carbonyl (C=O) groups excluding carboxylic acids is 2. The van der Waals surface area contributed by atoms with E-state index in [1.807, 2.05) is 6.92 Å². The number of carbonyl (C=O) groups is 2. The quantitative estimate of drug-likeness (QED) is 0.577. The van der Waals surface area contributed by atoms with Crippen molar-refractivity contribution in [2.75, 3.05) is 7.11 Å². The summed E-state index contributed by atoms with van der Waals surface area (Å²) in [6.45, 7) is 3.62. The Morgan fingerprint density at radius 2 is 2.23 bits per heavy atom. The molecule has 0 saturated heterocycles. The van der Waals surface area contributed by atoms with Gasteiger partial charge in [0.15, 0.2) is 5.78 Å². The Morgan fingerprint density at radius 1 is 1.62 bits per heavy atom. The number of allylic oxidation sites excluding steroid dienone is 1. The van der Waals surface area contributed by atoms with Gasteiger partial charge in [-0.15, -0.1) is 0 Å². The summed E-state index contributed by atoms with van der Waals surface area (Å²) in [6.07, 6.45) is 2.53. The van der Waals surface area contributed by atoms with Crippen molar-refractivity contribution in [1.82, 2.24) is 0 Å². The monoisotopic (exact) mass is 182 g/mol. The molecule has 1 atom stereocenters. The molecule has 0 spiro atoms. The van der Waals surface area contributed by atoms with Crippen LogP contribution in [0.5, 0.6) is 0 Å². The summed E-state index contributed by atoms with van der Waals surface area (Å²) in [5.74, 6) is -0.160. The van der Waals surface area contributed by atoms with E-state index in [-0.39, 0.29) is 11.8 Å². The van der Waals surface area contributed by atoms with Gasteiger partial charge >= 0.3 is 5.97 Å². The number of hydrogen-bond donors (Lipinski definition) is 0. The summed E-state index contributed by atoms with van der Waals surface area (Å²) in [7, 11) is 1.37. The molecular formula is C10H14O3. The second-order valence-electron chi connectivity index (χ2n) is 3.62. The van der Waals surface area contributed by atoms with Gasteiger partial charge in [0.25, 0.3) is 0 Å². The van der Waals surface area contributed by atoms with Crippen LogP contribution in [0, 0.1) is 5.41 Å². The minimum absolute atomic E-state index is 0.0962. The molecule has 13 heavy (non-hydrogen) atoms. The average Bonchev–Trinajstić information content (AvgIpc) is 2.11. The van der Waals surface area contributed by atoms with E-state index in [1.165, 1.54) is 7.11 Å². The second kappa shape index (κ2) is 3.32. The minimum atomic E-state index is -0.595. The van der Waals surface area contributed by atoms with E-state index >= 15 is 0 Å². The van der Waals surface area contributed by atoms with E-state index < -0.39 is 5.41 Å². The summed E-state index contributed by atoms with van der Waals surface area (Å²) in [4.78, 5) is 22.5. The second-order valence-corrected chi connectivity index (χ2v) is 3.62. The first-order valence-electron chi connectivity index (χ1n) is 4.31. The first-order valence-corrected chi connectivity index (χ1v) is 4.31. The van der Waals surface area contributed by atoms with Crippen molar-refractivity contribution in [1.29, 1.82) is 0 Å². The van der Waals surface area contributed by atoms with Gasteiger partial charge in [0.2, 0.25) is 0 Å². The van der Waals surface area contributed by atoms with E-state index in [2.05, 4.69) is 0 Å². The van der Waals surface area contributed by atoms with Crippen molar-refractivity contribution in [2.45, 2.75) is 26.7 Å². The Morgan fingerprint density at radius 3 is 2.69 bits per heavy atom. The van der Waals surface area contributed by atoms with Gasteiger partial charge in [0, 0.05) is 6.42 Å². The van der Waals surface area contributed by atoms with Crippen LogP contribution >= 0.6 is 0 Å². The highest BCUT2D eigenvalue weighted by atomic mass is 16.5. The van der Waals surface area contributed by atoms with Crippen LogP contribution in [-0.4, -0.2) is 18.9 Å². The number of methoxy groups -OCH3 is 1. The lowest BCUT2D eigenvalue weighted by atomic mass is 9.74. The molecule has 1 unspecified atom stereocenters. The fourth-order valence-electron chi connectivity index (χ4n) is 1.53. The number of ether oxygens (including phenoxy) is 1. The van der Waals surface area contributed by atoms with E-state index in [0.717, 1.165) is 5.57 Å². The molecule has 0 aromatic heterocycles. The van der Waals surface area contributed by atoms with Gasteiger partial charge in [-0.2, -0.15) is 0 Å². The molecule has 3 heteroatoms. The predicted octanol–water partition coefficient (Wildman–Crippen LogP) is 1.47. The van der Waals surface area contributed by atoms with Crippen LogP contribution in [0.25, 0.3) is 0 Å². The lowest BCUT2D eigenvalue weighted by Gasteiger charge is -2.30. The van der Waals surface area contributed by atoms with Crippen molar-refractivity contribution in [3.8, 4) is 0 Å². The Balaban J connectivity index is 2.98. The van der Waals surface area contributed by atoms with E-state index in [0.29, 0.717) is 12.8 Å². The molecule has 3 nitrogen and oxygen atoms in total. The van der Waals surface area contributed by atoms with Crippen LogP contribution in [0.15, 0.2) is 11.6 Å². The van der Waals surface area contributed by atoms with Crippen molar-refractivity contribution in [3.05, 3.63) is 11.6 Å². The van der Waals surface area contributed by atoms with Crippen molar-refractivity contribution in [2.24, 2.45) is 5.41 Å². The molecule has 0 bridgehead atoms. The van der Waals surface area contributed by atoms with Gasteiger partial charge in [-0.05, 0) is 26.3 Å². The van der Waals surface area contributed by atoms with Gasteiger partial charge < -0.3 is 4.74 Å². The highest BCUT2D eigenvalue weighted by molar-refractivity contribution is 5.94. The summed E-state index contributed by atoms with van der Waals surface area (Å²) in [5, 5.41) is 0. The number of rotatable bonds is 1. The molecule has 0 radical (unpaired) electrons. The number of hydrogen-bond acceptors (Lipinski definition) is 3. The first-order chi connectivity index (χ1) is 6.00. The lowest BCUT2D eigenvalue weighted by Crippen LogP contribution is -2.33. The molecule has 72 valence electrons. The van der Waals surface area contributed by atoms with Gasteiger partial charge in [0.1, 0.15) is 0 Å². The van der Waals surface area contributed by atoms with Crippen LogP contribution in [0.3, 0.4) is 0 Å². The average molecular weight is 182 g/mol. The zero-order valence-electron chi connectivity index (χ0n) is 8.22. The first kappa shape index (κ1) is 9.96. The topological polar surface area (TPSA) is 43.4 Å². The number of ketones is 1. The van der Waals surface area contributed by atoms with Crippen LogP contribution < -0.4 is 0 Å².